The van der Waals surface area contributed by atoms with Crippen LogP contribution in [0.3, 0.4) is 0 Å². The number of ether oxygens (including phenoxy) is 1. The van der Waals surface area contributed by atoms with Gasteiger partial charge in [-0.05, 0) is 26.7 Å². The Hall–Kier alpha value is -0.750. The molecule has 1 aromatic heterocycles. The largest absolute Gasteiger partial charge is 0.490 e. The first kappa shape index (κ1) is 15.6. The lowest BCUT2D eigenvalue weighted by molar-refractivity contribution is 0.171. The van der Waals surface area contributed by atoms with Crippen molar-refractivity contribution in [2.45, 2.75) is 45.6 Å². The SMILES string of the molecule is CC(C)n1cc(OCC2(CS(=O)(=O)Cl)CCCC2)cn1. The Kier molecular flexibility index (Phi) is 4.64. The second-order valence-corrected chi connectivity index (χ2v) is 8.71. The van der Waals surface area contributed by atoms with Crippen molar-refractivity contribution in [1.82, 2.24) is 9.78 Å². The van der Waals surface area contributed by atoms with E-state index >= 15 is 0 Å². The van der Waals surface area contributed by atoms with Crippen molar-refractivity contribution in [1.29, 1.82) is 0 Å². The van der Waals surface area contributed by atoms with E-state index in [1.54, 1.807) is 6.20 Å². The van der Waals surface area contributed by atoms with Gasteiger partial charge in [0.2, 0.25) is 9.05 Å². The van der Waals surface area contributed by atoms with Crippen molar-refractivity contribution in [2.75, 3.05) is 12.4 Å². The van der Waals surface area contributed by atoms with Gasteiger partial charge >= 0.3 is 0 Å². The van der Waals surface area contributed by atoms with Crippen molar-refractivity contribution < 1.29 is 13.2 Å². The van der Waals surface area contributed by atoms with Gasteiger partial charge in [-0.1, -0.05) is 12.8 Å². The van der Waals surface area contributed by atoms with Gasteiger partial charge in [0.05, 0.1) is 24.8 Å². The van der Waals surface area contributed by atoms with Gasteiger partial charge in [0.1, 0.15) is 0 Å². The molecule has 2 rings (SSSR count). The molecule has 0 amide bonds. The quantitative estimate of drug-likeness (QED) is 0.756. The van der Waals surface area contributed by atoms with Crippen molar-refractivity contribution in [3.05, 3.63) is 12.4 Å². The van der Waals surface area contributed by atoms with Gasteiger partial charge in [-0.3, -0.25) is 4.68 Å². The molecule has 7 heteroatoms. The molecule has 20 heavy (non-hydrogen) atoms. The van der Waals surface area contributed by atoms with E-state index in [9.17, 15) is 8.42 Å². The van der Waals surface area contributed by atoms with Crippen LogP contribution in [0.4, 0.5) is 0 Å². The molecule has 0 aliphatic heterocycles. The molecule has 0 saturated heterocycles. The fraction of sp³-hybridized carbons (Fsp3) is 0.769. The summed E-state index contributed by atoms with van der Waals surface area (Å²) < 4.78 is 30.4. The van der Waals surface area contributed by atoms with Gasteiger partial charge in [0.25, 0.3) is 0 Å². The maximum absolute atomic E-state index is 11.4. The molecule has 1 aliphatic rings. The summed E-state index contributed by atoms with van der Waals surface area (Å²) in [5, 5.41) is 4.21. The van der Waals surface area contributed by atoms with Crippen molar-refractivity contribution in [3.63, 3.8) is 0 Å². The molecule has 0 unspecified atom stereocenters. The monoisotopic (exact) mass is 320 g/mol. The summed E-state index contributed by atoms with van der Waals surface area (Å²) in [5.74, 6) is 0.664. The lowest BCUT2D eigenvalue weighted by Gasteiger charge is -2.26. The predicted octanol–water partition coefficient (Wildman–Crippen LogP) is 2.97. The minimum atomic E-state index is -3.51. The highest BCUT2D eigenvalue weighted by atomic mass is 35.7. The zero-order valence-corrected chi connectivity index (χ0v) is 13.5. The smallest absolute Gasteiger partial charge is 0.233 e. The van der Waals surface area contributed by atoms with Gasteiger partial charge in [-0.25, -0.2) is 8.42 Å². The first-order valence-electron chi connectivity index (χ1n) is 6.89. The summed E-state index contributed by atoms with van der Waals surface area (Å²) in [4.78, 5) is 0. The van der Waals surface area contributed by atoms with Crippen molar-refractivity contribution >= 4 is 19.7 Å². The van der Waals surface area contributed by atoms with E-state index in [4.69, 9.17) is 15.4 Å². The van der Waals surface area contributed by atoms with Crippen molar-refractivity contribution in [2.24, 2.45) is 5.41 Å². The second-order valence-electron chi connectivity index (χ2n) is 5.93. The average Bonchev–Trinajstić information content (AvgIpc) is 2.93. The fourth-order valence-electron chi connectivity index (χ4n) is 2.74. The van der Waals surface area contributed by atoms with Crippen LogP contribution >= 0.6 is 10.7 Å². The highest BCUT2D eigenvalue weighted by molar-refractivity contribution is 8.13. The van der Waals surface area contributed by atoms with Crippen molar-refractivity contribution in [3.8, 4) is 5.75 Å². The van der Waals surface area contributed by atoms with E-state index in [1.807, 2.05) is 24.7 Å². The molecule has 1 aromatic rings. The lowest BCUT2D eigenvalue weighted by Crippen LogP contribution is -2.32. The third-order valence-corrected chi connectivity index (χ3v) is 5.08. The molecule has 1 saturated carbocycles. The predicted molar refractivity (Wildman–Crippen MR) is 78.6 cm³/mol. The first-order chi connectivity index (χ1) is 9.30. The van der Waals surface area contributed by atoms with Crippen LogP contribution in [-0.2, 0) is 9.05 Å². The summed E-state index contributed by atoms with van der Waals surface area (Å²) in [6.45, 7) is 4.45. The normalized spacial score (nSPS) is 18.6. The lowest BCUT2D eigenvalue weighted by atomic mass is 9.90. The minimum Gasteiger partial charge on any atom is -0.490 e. The molecule has 114 valence electrons. The Bertz CT molecular complexity index is 548. The van der Waals surface area contributed by atoms with E-state index in [0.29, 0.717) is 12.4 Å². The standard InChI is InChI=1S/C13H21ClN2O3S/c1-11(2)16-8-12(7-15-16)19-9-13(5-3-4-6-13)10-20(14,17)18/h7-8,11H,3-6,9-10H2,1-2H3. The highest BCUT2D eigenvalue weighted by Crippen LogP contribution is 2.40. The van der Waals surface area contributed by atoms with Gasteiger partial charge in [-0.15, -0.1) is 0 Å². The number of nitrogens with zero attached hydrogens (tertiary/aromatic N) is 2. The number of halogens is 1. The van der Waals surface area contributed by atoms with Crippen LogP contribution in [0.15, 0.2) is 12.4 Å². The molecule has 0 bridgehead atoms. The Morgan fingerprint density at radius 3 is 2.60 bits per heavy atom. The number of rotatable bonds is 6. The fourth-order valence-corrected chi connectivity index (χ4v) is 4.53. The van der Waals surface area contributed by atoms with E-state index in [0.717, 1.165) is 25.7 Å². The van der Waals surface area contributed by atoms with Crippen LogP contribution < -0.4 is 4.74 Å². The van der Waals surface area contributed by atoms with E-state index in [1.165, 1.54) is 0 Å². The van der Waals surface area contributed by atoms with Gasteiger partial charge in [-0.2, -0.15) is 5.10 Å². The zero-order valence-electron chi connectivity index (χ0n) is 11.9. The molecule has 0 atom stereocenters. The Morgan fingerprint density at radius 2 is 2.10 bits per heavy atom. The molecule has 1 heterocycles. The molecule has 1 fully saturated rings. The first-order valence-corrected chi connectivity index (χ1v) is 9.37. The topological polar surface area (TPSA) is 61.2 Å². The number of hydrogen-bond acceptors (Lipinski definition) is 4. The maximum atomic E-state index is 11.4. The Balaban J connectivity index is 2.02. The summed E-state index contributed by atoms with van der Waals surface area (Å²) in [7, 11) is 1.92. The van der Waals surface area contributed by atoms with Gasteiger partial charge in [0.15, 0.2) is 5.75 Å². The molecule has 0 radical (unpaired) electrons. The summed E-state index contributed by atoms with van der Waals surface area (Å²) >= 11 is 0. The molecule has 0 spiro atoms. The maximum Gasteiger partial charge on any atom is 0.233 e. The summed E-state index contributed by atoms with van der Waals surface area (Å²) in [5.41, 5.74) is -0.347. The molecule has 5 nitrogen and oxygen atoms in total. The molecule has 0 N–H and O–H groups in total. The third kappa shape index (κ3) is 4.12. The molecular weight excluding hydrogens is 300 g/mol. The summed E-state index contributed by atoms with van der Waals surface area (Å²) in [6.07, 6.45) is 7.25. The number of aromatic nitrogens is 2. The molecular formula is C13H21ClN2O3S. The second kappa shape index (κ2) is 5.93. The zero-order chi connectivity index (χ0) is 14.8. The van der Waals surface area contributed by atoms with E-state index in [2.05, 4.69) is 5.10 Å². The van der Waals surface area contributed by atoms with E-state index in [-0.39, 0.29) is 17.2 Å². The van der Waals surface area contributed by atoms with Gasteiger partial charge in [0, 0.05) is 22.1 Å². The van der Waals surface area contributed by atoms with Crippen LogP contribution in [-0.4, -0.2) is 30.6 Å². The Morgan fingerprint density at radius 1 is 1.45 bits per heavy atom. The molecule has 1 aliphatic carbocycles. The van der Waals surface area contributed by atoms with Crippen LogP contribution in [0.5, 0.6) is 5.75 Å². The van der Waals surface area contributed by atoms with Crippen LogP contribution in [0.25, 0.3) is 0 Å². The van der Waals surface area contributed by atoms with Crippen LogP contribution in [0, 0.1) is 5.41 Å². The van der Waals surface area contributed by atoms with Crippen LogP contribution in [0.2, 0.25) is 0 Å². The van der Waals surface area contributed by atoms with Crippen LogP contribution in [0.1, 0.15) is 45.6 Å². The average molecular weight is 321 g/mol. The third-order valence-electron chi connectivity index (χ3n) is 3.79. The van der Waals surface area contributed by atoms with E-state index < -0.39 is 9.05 Å². The van der Waals surface area contributed by atoms with Gasteiger partial charge < -0.3 is 4.74 Å². The Labute approximate surface area is 124 Å². The summed E-state index contributed by atoms with van der Waals surface area (Å²) in [6, 6.07) is 0.274. The minimum absolute atomic E-state index is 0.0140. The molecule has 0 aromatic carbocycles. The highest BCUT2D eigenvalue weighted by Gasteiger charge is 2.38. The number of hydrogen-bond donors (Lipinski definition) is 0.